The van der Waals surface area contributed by atoms with Crippen molar-refractivity contribution in [2.75, 3.05) is 10.0 Å². The minimum atomic E-state index is -3.72. The first-order chi connectivity index (χ1) is 13.3. The van der Waals surface area contributed by atoms with Gasteiger partial charge in [-0.25, -0.2) is 13.4 Å². The first-order valence-corrected chi connectivity index (χ1v) is 10.1. The molecule has 0 aliphatic carbocycles. The highest BCUT2D eigenvalue weighted by Gasteiger charge is 2.20. The molecule has 0 amide bonds. The Kier molecular flexibility index (Phi) is 5.34. The van der Waals surface area contributed by atoms with Gasteiger partial charge in [-0.15, -0.1) is 0 Å². The van der Waals surface area contributed by atoms with Gasteiger partial charge >= 0.3 is 0 Å². The highest BCUT2D eigenvalue weighted by atomic mass is 32.2. The van der Waals surface area contributed by atoms with Crippen molar-refractivity contribution in [3.63, 3.8) is 0 Å². The summed E-state index contributed by atoms with van der Waals surface area (Å²) in [6.45, 7) is 5.51. The van der Waals surface area contributed by atoms with E-state index in [4.69, 9.17) is 5.26 Å². The summed E-state index contributed by atoms with van der Waals surface area (Å²) in [5.74, 6) is 0.542. The average molecular weight is 392 g/mol. The molecule has 0 spiro atoms. The number of aryl methyl sites for hydroxylation is 3. The van der Waals surface area contributed by atoms with Gasteiger partial charge in [-0.05, 0) is 62.2 Å². The van der Waals surface area contributed by atoms with E-state index in [2.05, 4.69) is 21.1 Å². The van der Waals surface area contributed by atoms with Gasteiger partial charge in [0.25, 0.3) is 10.0 Å². The average Bonchev–Trinajstić information content (AvgIpc) is 2.62. The first-order valence-electron chi connectivity index (χ1n) is 8.62. The summed E-state index contributed by atoms with van der Waals surface area (Å²) in [7, 11) is -3.72. The maximum absolute atomic E-state index is 12.8. The van der Waals surface area contributed by atoms with Gasteiger partial charge in [0, 0.05) is 5.69 Å². The summed E-state index contributed by atoms with van der Waals surface area (Å²) in [4.78, 5) is 4.53. The van der Waals surface area contributed by atoms with Gasteiger partial charge in [-0.1, -0.05) is 23.8 Å². The van der Waals surface area contributed by atoms with Gasteiger partial charge in [-0.3, -0.25) is 4.72 Å². The Morgan fingerprint density at radius 3 is 2.29 bits per heavy atom. The number of nitrogens with zero attached hydrogens (tertiary/aromatic N) is 2. The molecule has 28 heavy (non-hydrogen) atoms. The van der Waals surface area contributed by atoms with Gasteiger partial charge in [0.2, 0.25) is 0 Å². The Labute approximate surface area is 164 Å². The molecule has 0 unspecified atom stereocenters. The summed E-state index contributed by atoms with van der Waals surface area (Å²) < 4.78 is 28.2. The molecule has 142 valence electrons. The van der Waals surface area contributed by atoms with Crippen molar-refractivity contribution in [3.05, 3.63) is 77.0 Å². The fourth-order valence-corrected chi connectivity index (χ4v) is 4.64. The summed E-state index contributed by atoms with van der Waals surface area (Å²) >= 11 is 0. The third-order valence-corrected chi connectivity index (χ3v) is 5.84. The van der Waals surface area contributed by atoms with Crippen LogP contribution in [0.15, 0.2) is 59.6 Å². The Balaban J connectivity index is 1.80. The third-order valence-electron chi connectivity index (χ3n) is 4.15. The van der Waals surface area contributed by atoms with Crippen LogP contribution in [0.25, 0.3) is 0 Å². The van der Waals surface area contributed by atoms with E-state index in [1.807, 2.05) is 25.1 Å². The summed E-state index contributed by atoms with van der Waals surface area (Å²) in [6.07, 6.45) is 1.45. The van der Waals surface area contributed by atoms with Crippen LogP contribution in [0, 0.1) is 32.1 Å². The molecule has 0 saturated carbocycles. The largest absolute Gasteiger partial charge is 0.340 e. The highest BCUT2D eigenvalue weighted by Crippen LogP contribution is 2.25. The van der Waals surface area contributed by atoms with E-state index in [9.17, 15) is 8.42 Å². The van der Waals surface area contributed by atoms with Crippen molar-refractivity contribution in [3.8, 4) is 6.07 Å². The Bertz CT molecular complexity index is 1140. The van der Waals surface area contributed by atoms with Gasteiger partial charge < -0.3 is 5.32 Å². The highest BCUT2D eigenvalue weighted by molar-refractivity contribution is 7.92. The molecule has 3 aromatic rings. The molecule has 0 bridgehead atoms. The molecular weight excluding hydrogens is 372 g/mol. The maximum Gasteiger partial charge on any atom is 0.262 e. The molecule has 7 heteroatoms. The van der Waals surface area contributed by atoms with Crippen molar-refractivity contribution in [1.82, 2.24) is 4.98 Å². The topological polar surface area (TPSA) is 94.9 Å². The maximum atomic E-state index is 12.8. The van der Waals surface area contributed by atoms with E-state index in [0.29, 0.717) is 28.2 Å². The number of pyridine rings is 1. The minimum Gasteiger partial charge on any atom is -0.340 e. The summed E-state index contributed by atoms with van der Waals surface area (Å²) in [5, 5.41) is 12.0. The summed E-state index contributed by atoms with van der Waals surface area (Å²) in [6, 6.07) is 16.1. The zero-order valence-electron chi connectivity index (χ0n) is 15.8. The van der Waals surface area contributed by atoms with Gasteiger partial charge in [0.1, 0.15) is 5.82 Å². The van der Waals surface area contributed by atoms with Crippen LogP contribution in [-0.4, -0.2) is 13.4 Å². The molecule has 0 radical (unpaired) electrons. The summed E-state index contributed by atoms with van der Waals surface area (Å²) in [5.41, 5.74) is 4.06. The molecule has 2 aromatic carbocycles. The lowest BCUT2D eigenvalue weighted by atomic mass is 10.1. The van der Waals surface area contributed by atoms with Crippen LogP contribution < -0.4 is 10.0 Å². The number of nitriles is 1. The molecule has 6 nitrogen and oxygen atoms in total. The Morgan fingerprint density at radius 1 is 0.964 bits per heavy atom. The van der Waals surface area contributed by atoms with Crippen molar-refractivity contribution in [2.45, 2.75) is 25.7 Å². The molecule has 3 rings (SSSR count). The van der Waals surface area contributed by atoms with Crippen LogP contribution >= 0.6 is 0 Å². The van der Waals surface area contributed by atoms with Crippen molar-refractivity contribution >= 4 is 27.2 Å². The zero-order chi connectivity index (χ0) is 20.3. The fourth-order valence-electron chi connectivity index (χ4n) is 3.14. The molecule has 1 heterocycles. The molecule has 1 aromatic heterocycles. The fraction of sp³-hybridized carbons (Fsp3) is 0.143. The quantitative estimate of drug-likeness (QED) is 0.670. The number of aromatic nitrogens is 1. The minimum absolute atomic E-state index is 0.286. The lowest BCUT2D eigenvalue weighted by Crippen LogP contribution is -2.16. The number of hydrogen-bond donors (Lipinski definition) is 2. The van der Waals surface area contributed by atoms with E-state index < -0.39 is 10.0 Å². The van der Waals surface area contributed by atoms with E-state index in [-0.39, 0.29) is 4.90 Å². The number of benzene rings is 2. The van der Waals surface area contributed by atoms with Crippen LogP contribution in [0.5, 0.6) is 0 Å². The van der Waals surface area contributed by atoms with Crippen LogP contribution in [0.1, 0.15) is 22.3 Å². The predicted molar refractivity (Wildman–Crippen MR) is 110 cm³/mol. The van der Waals surface area contributed by atoms with Crippen molar-refractivity contribution in [1.29, 1.82) is 5.26 Å². The van der Waals surface area contributed by atoms with Crippen LogP contribution in [-0.2, 0) is 10.0 Å². The zero-order valence-corrected chi connectivity index (χ0v) is 16.6. The Hall–Kier alpha value is -3.37. The van der Waals surface area contributed by atoms with E-state index in [0.717, 1.165) is 11.3 Å². The molecular formula is C21H20N4O2S. The van der Waals surface area contributed by atoms with Crippen LogP contribution in [0.4, 0.5) is 17.2 Å². The second-order valence-electron chi connectivity index (χ2n) is 6.58. The number of hydrogen-bond acceptors (Lipinski definition) is 5. The van der Waals surface area contributed by atoms with Gasteiger partial charge in [-0.2, -0.15) is 5.26 Å². The second kappa shape index (κ2) is 7.71. The molecule has 0 fully saturated rings. The molecule has 0 aliphatic heterocycles. The lowest BCUT2D eigenvalue weighted by Gasteiger charge is -2.14. The second-order valence-corrected chi connectivity index (χ2v) is 8.20. The van der Waals surface area contributed by atoms with Gasteiger partial charge in [0.05, 0.1) is 28.4 Å². The van der Waals surface area contributed by atoms with E-state index >= 15 is 0 Å². The molecule has 2 N–H and O–H groups in total. The van der Waals surface area contributed by atoms with Crippen LogP contribution in [0.3, 0.4) is 0 Å². The lowest BCUT2D eigenvalue weighted by molar-refractivity contribution is 0.600. The smallest absolute Gasteiger partial charge is 0.262 e. The van der Waals surface area contributed by atoms with Crippen molar-refractivity contribution in [2.24, 2.45) is 0 Å². The van der Waals surface area contributed by atoms with Gasteiger partial charge in [0.15, 0.2) is 0 Å². The monoisotopic (exact) mass is 392 g/mol. The number of sulfonamides is 1. The predicted octanol–water partition coefficient (Wildman–Crippen LogP) is 4.42. The Morgan fingerprint density at radius 2 is 1.68 bits per heavy atom. The van der Waals surface area contributed by atoms with E-state index in [1.54, 1.807) is 44.2 Å². The van der Waals surface area contributed by atoms with E-state index in [1.165, 1.54) is 6.20 Å². The van der Waals surface area contributed by atoms with Crippen LogP contribution in [0.2, 0.25) is 0 Å². The SMILES string of the molecule is Cc1cc(C)c(S(=O)(=O)Nc2ccc(Nc3cccc(C#N)c3)nc2)c(C)c1. The van der Waals surface area contributed by atoms with Crippen molar-refractivity contribution < 1.29 is 8.42 Å². The number of nitrogens with one attached hydrogen (secondary N) is 2. The number of rotatable bonds is 5. The molecule has 0 aliphatic rings. The molecule has 0 saturated heterocycles. The normalized spacial score (nSPS) is 10.9. The molecule has 0 atom stereocenters. The number of anilines is 3. The third kappa shape index (κ3) is 4.30. The first kappa shape index (κ1) is 19.4. The standard InChI is InChI=1S/C21H20N4O2S/c1-14-9-15(2)21(16(3)10-14)28(26,27)25-19-7-8-20(23-13-19)24-18-6-4-5-17(11-18)12-22/h4-11,13,25H,1-3H3,(H,23,24).